The van der Waals surface area contributed by atoms with Crippen molar-refractivity contribution in [2.45, 2.75) is 72.4 Å². The minimum Gasteiger partial charge on any atom is -0.429 e. The van der Waals surface area contributed by atoms with E-state index >= 15 is 0 Å². The van der Waals surface area contributed by atoms with Crippen LogP contribution in [0.1, 0.15) is 65.4 Å². The number of non-ortho nitro benzene ring substituents is 1. The molecule has 294 valence electrons. The van der Waals surface area contributed by atoms with Gasteiger partial charge < -0.3 is 36.5 Å². The first-order valence-corrected chi connectivity index (χ1v) is 17.2. The van der Waals surface area contributed by atoms with E-state index in [2.05, 4.69) is 21.3 Å². The van der Waals surface area contributed by atoms with E-state index in [9.17, 15) is 43.7 Å². The number of allylic oxidation sites excluding steroid dienone is 1. The summed E-state index contributed by atoms with van der Waals surface area (Å²) < 4.78 is 10.0. The Hall–Kier alpha value is -6.33. The number of imide groups is 1. The lowest BCUT2D eigenvalue weighted by Gasteiger charge is -2.21. The molecule has 7 amide bonds. The fourth-order valence-electron chi connectivity index (χ4n) is 4.30. The number of primary amides is 1. The molecule has 2 rings (SSSR count). The molecule has 0 fully saturated rings. The highest BCUT2D eigenvalue weighted by atomic mass is 16.7. The number of amides is 7. The van der Waals surface area contributed by atoms with Crippen molar-refractivity contribution in [2.75, 3.05) is 25.0 Å². The van der Waals surface area contributed by atoms with Crippen molar-refractivity contribution >= 4 is 53.6 Å². The summed E-state index contributed by atoms with van der Waals surface area (Å²) in [6, 6.07) is 10.0. The van der Waals surface area contributed by atoms with Gasteiger partial charge in [-0.2, -0.15) is 0 Å². The van der Waals surface area contributed by atoms with Crippen LogP contribution < -0.4 is 31.7 Å². The first-order chi connectivity index (χ1) is 25.7. The fraction of sp³-hybridized carbons (Fsp3) is 0.417. The maximum Gasteiger partial charge on any atom is 0.514 e. The highest BCUT2D eigenvalue weighted by Gasteiger charge is 2.24. The zero-order chi connectivity index (χ0) is 40.5. The Labute approximate surface area is 313 Å². The molecular weight excluding hydrogens is 706 g/mol. The molecule has 0 aromatic heterocycles. The predicted molar refractivity (Wildman–Crippen MR) is 198 cm³/mol. The summed E-state index contributed by atoms with van der Waals surface area (Å²) in [7, 11) is 0. The van der Waals surface area contributed by atoms with Gasteiger partial charge in [0.15, 0.2) is 0 Å². The number of nitrogens with zero attached hydrogens (tertiary/aromatic N) is 2. The van der Waals surface area contributed by atoms with Crippen molar-refractivity contribution in [1.29, 1.82) is 0 Å². The quantitative estimate of drug-likeness (QED) is 0.0248. The number of nitrogens with one attached hydrogen (secondary N) is 4. The average molecular weight is 756 g/mol. The number of benzene rings is 2. The van der Waals surface area contributed by atoms with E-state index in [1.54, 1.807) is 51.1 Å². The van der Waals surface area contributed by atoms with Gasteiger partial charge in [-0.1, -0.05) is 45.4 Å². The normalized spacial score (nSPS) is 10.9. The highest BCUT2D eigenvalue weighted by Crippen LogP contribution is 2.18. The van der Waals surface area contributed by atoms with Crippen LogP contribution in [0.15, 0.2) is 60.7 Å². The lowest BCUT2D eigenvalue weighted by molar-refractivity contribution is -0.384. The molecule has 2 aromatic rings. The van der Waals surface area contributed by atoms with Crippen molar-refractivity contribution in [3.63, 3.8) is 0 Å². The van der Waals surface area contributed by atoms with Gasteiger partial charge in [0.1, 0.15) is 18.4 Å². The zero-order valence-corrected chi connectivity index (χ0v) is 30.8. The predicted octanol–water partition coefficient (Wildman–Crippen LogP) is 3.69. The molecule has 6 N–H and O–H groups in total. The van der Waals surface area contributed by atoms with Crippen molar-refractivity contribution < 1.29 is 48.0 Å². The fourth-order valence-corrected chi connectivity index (χ4v) is 4.30. The van der Waals surface area contributed by atoms with E-state index < -0.39 is 40.9 Å². The van der Waals surface area contributed by atoms with Crippen LogP contribution in [0.3, 0.4) is 0 Å². The van der Waals surface area contributed by atoms with E-state index in [1.165, 1.54) is 30.3 Å². The number of hydrogen-bond acceptors (Lipinski definition) is 11. The van der Waals surface area contributed by atoms with Crippen molar-refractivity contribution in [1.82, 2.24) is 20.9 Å². The van der Waals surface area contributed by atoms with Crippen molar-refractivity contribution in [2.24, 2.45) is 11.7 Å². The van der Waals surface area contributed by atoms with E-state index in [-0.39, 0.29) is 49.4 Å². The van der Waals surface area contributed by atoms with E-state index in [0.29, 0.717) is 43.5 Å². The maximum absolute atomic E-state index is 12.7. The van der Waals surface area contributed by atoms with Gasteiger partial charge in [-0.05, 0) is 68.0 Å². The number of unbranched alkanes of at least 4 members (excludes halogenated alkanes) is 2. The summed E-state index contributed by atoms with van der Waals surface area (Å²) in [5.74, 6) is -1.91. The molecule has 0 radical (unpaired) electrons. The Bertz CT molecular complexity index is 1580. The standard InChI is InChI=1S/C32H39N5O10.C4H10N2O/c1-4-8-29(41)36(21-38)18-7-5-6-9-27(39)35-30(22(2)3)31(42)33-19-28(40)34-24-12-10-23(11-13-24)20-46-32(43)47-26-16-14-25(15-17-26)37(44)45;1-2-3-6-4(5)7/h4,8,10-17,21-22,30H,5-7,9,18-20H2,1-3H3,(H,33,42)(H,34,40)(H,35,39);2-3H2,1H3,(H3,5,6,7)/b8-4-;. The molecule has 0 aliphatic heterocycles. The van der Waals surface area contributed by atoms with Gasteiger partial charge in [-0.3, -0.25) is 39.0 Å². The first kappa shape index (κ1) is 45.7. The third-order valence-electron chi connectivity index (χ3n) is 7.10. The molecule has 0 saturated carbocycles. The molecule has 18 heteroatoms. The summed E-state index contributed by atoms with van der Waals surface area (Å²) in [6.45, 7) is 7.63. The second-order valence-corrected chi connectivity index (χ2v) is 11.9. The number of anilines is 1. The lowest BCUT2D eigenvalue weighted by Crippen LogP contribution is -2.51. The van der Waals surface area contributed by atoms with Gasteiger partial charge in [-0.15, -0.1) is 0 Å². The molecule has 0 aliphatic carbocycles. The summed E-state index contributed by atoms with van der Waals surface area (Å²) in [6.07, 6.45) is 5.06. The molecule has 0 aliphatic rings. The SMILES string of the molecule is C/C=C\C(=O)N(C=O)CCCCCC(=O)NC(C(=O)NCC(=O)Nc1ccc(COC(=O)Oc2ccc([N+](=O)[O-])cc2)cc1)C(C)C.CCCNC(N)=O. The molecular formula is C36H49N7O11. The number of carbonyl (C=O) groups excluding carboxylic acids is 7. The number of nitro benzene ring substituents is 1. The molecule has 0 bridgehead atoms. The Morgan fingerprint density at radius 3 is 2.15 bits per heavy atom. The van der Waals surface area contributed by atoms with E-state index in [0.717, 1.165) is 11.3 Å². The summed E-state index contributed by atoms with van der Waals surface area (Å²) >= 11 is 0. The number of hydrogen-bond donors (Lipinski definition) is 5. The smallest absolute Gasteiger partial charge is 0.429 e. The van der Waals surface area contributed by atoms with Crippen LogP contribution in [0.5, 0.6) is 5.75 Å². The van der Waals surface area contributed by atoms with Crippen LogP contribution in [0, 0.1) is 16.0 Å². The van der Waals surface area contributed by atoms with Crippen LogP contribution in [-0.4, -0.2) is 77.7 Å². The molecule has 0 saturated heterocycles. The molecule has 0 heterocycles. The number of nitro groups is 1. The van der Waals surface area contributed by atoms with E-state index in [4.69, 9.17) is 15.2 Å². The van der Waals surface area contributed by atoms with Gasteiger partial charge in [0.2, 0.25) is 24.1 Å². The summed E-state index contributed by atoms with van der Waals surface area (Å²) in [5, 5.41) is 21.0. The third-order valence-corrected chi connectivity index (χ3v) is 7.10. The molecule has 54 heavy (non-hydrogen) atoms. The van der Waals surface area contributed by atoms with Crippen molar-refractivity contribution in [3.05, 3.63) is 76.4 Å². The maximum atomic E-state index is 12.7. The van der Waals surface area contributed by atoms with Crippen LogP contribution in [0.2, 0.25) is 0 Å². The van der Waals surface area contributed by atoms with Gasteiger partial charge in [0.25, 0.3) is 11.6 Å². The highest BCUT2D eigenvalue weighted by molar-refractivity contribution is 5.96. The molecule has 1 unspecified atom stereocenters. The van der Waals surface area contributed by atoms with Gasteiger partial charge in [0.05, 0.1) is 11.5 Å². The van der Waals surface area contributed by atoms with Gasteiger partial charge in [-0.25, -0.2) is 9.59 Å². The number of ether oxygens (including phenoxy) is 2. The average Bonchev–Trinajstić information content (AvgIpc) is 3.13. The van der Waals surface area contributed by atoms with Gasteiger partial charge >= 0.3 is 12.2 Å². The van der Waals surface area contributed by atoms with Gasteiger partial charge in [0, 0.05) is 37.3 Å². The topological polar surface area (TPSA) is 258 Å². The monoisotopic (exact) mass is 755 g/mol. The minimum atomic E-state index is -1.00. The second kappa shape index (κ2) is 25.6. The van der Waals surface area contributed by atoms with E-state index in [1.807, 2.05) is 6.92 Å². The Kier molecular flexibility index (Phi) is 21.7. The number of rotatable bonds is 20. The lowest BCUT2D eigenvalue weighted by atomic mass is 10.0. The molecule has 0 spiro atoms. The molecule has 18 nitrogen and oxygen atoms in total. The van der Waals surface area contributed by atoms with Crippen LogP contribution in [-0.2, 0) is 35.3 Å². The first-order valence-electron chi connectivity index (χ1n) is 17.2. The largest absolute Gasteiger partial charge is 0.514 e. The summed E-state index contributed by atoms with van der Waals surface area (Å²) in [5.41, 5.74) is 5.60. The molecule has 2 aromatic carbocycles. The number of urea groups is 1. The number of carbonyl (C=O) groups is 7. The zero-order valence-electron chi connectivity index (χ0n) is 30.8. The summed E-state index contributed by atoms with van der Waals surface area (Å²) in [4.78, 5) is 93.4. The van der Waals surface area contributed by atoms with Crippen LogP contribution >= 0.6 is 0 Å². The second-order valence-electron chi connectivity index (χ2n) is 11.9. The Morgan fingerprint density at radius 1 is 0.944 bits per heavy atom. The van der Waals surface area contributed by atoms with Crippen molar-refractivity contribution in [3.8, 4) is 5.75 Å². The Morgan fingerprint density at radius 2 is 1.61 bits per heavy atom. The van der Waals surface area contributed by atoms with Crippen LogP contribution in [0.4, 0.5) is 21.0 Å². The minimum absolute atomic E-state index is 0.0830. The van der Waals surface area contributed by atoms with Crippen LogP contribution in [0.25, 0.3) is 0 Å². The number of nitrogens with two attached hydrogens (primary N) is 1. The third kappa shape index (κ3) is 19.3. The molecule has 1 atom stereocenters. The Balaban J connectivity index is 0.00000189.